The minimum atomic E-state index is -0.940. The molecule has 4 aliphatic heterocycles. The first-order chi connectivity index (χ1) is 17.4. The van der Waals surface area contributed by atoms with E-state index in [1.807, 2.05) is 66.5 Å². The molecule has 0 radical (unpaired) electrons. The van der Waals surface area contributed by atoms with Crippen LogP contribution in [0.5, 0.6) is 0 Å². The van der Waals surface area contributed by atoms with Crippen molar-refractivity contribution >= 4 is 29.5 Å². The zero-order valence-corrected chi connectivity index (χ0v) is 21.7. The molecule has 0 saturated carbocycles. The molecule has 2 fully saturated rings. The number of carbonyl (C=O) groups excluding carboxylic acids is 3. The number of hydrogen-bond donors (Lipinski definition) is 1. The highest BCUT2D eigenvalue weighted by molar-refractivity contribution is 8.02. The lowest BCUT2D eigenvalue weighted by Gasteiger charge is -2.40. The highest BCUT2D eigenvalue weighted by Gasteiger charge is 2.74. The number of esters is 1. The van der Waals surface area contributed by atoms with Gasteiger partial charge >= 0.3 is 5.97 Å². The Morgan fingerprint density at radius 3 is 2.61 bits per heavy atom. The topological polar surface area (TPSA) is 87.2 Å². The number of aliphatic hydroxyl groups excluding tert-OH is 1. The number of nitrogens with zero attached hydrogens (tertiary/aromatic N) is 2. The molecule has 4 heterocycles. The second kappa shape index (κ2) is 9.71. The third-order valence-electron chi connectivity index (χ3n) is 8.02. The fourth-order valence-corrected chi connectivity index (χ4v) is 8.53. The van der Waals surface area contributed by atoms with Crippen LogP contribution in [0.25, 0.3) is 0 Å². The van der Waals surface area contributed by atoms with Gasteiger partial charge in [0.05, 0.1) is 35.8 Å². The molecule has 0 aliphatic carbocycles. The maximum absolute atomic E-state index is 14.4. The number of likely N-dealkylation sites (tertiary alicyclic amines) is 1. The summed E-state index contributed by atoms with van der Waals surface area (Å²) in [6.45, 7) is 5.07. The molecule has 8 heteroatoms. The van der Waals surface area contributed by atoms with Gasteiger partial charge in [-0.3, -0.25) is 14.4 Å². The zero-order valence-electron chi connectivity index (χ0n) is 20.8. The van der Waals surface area contributed by atoms with Crippen molar-refractivity contribution in [1.82, 2.24) is 9.80 Å². The molecule has 5 rings (SSSR count). The van der Waals surface area contributed by atoms with Gasteiger partial charge in [-0.2, -0.15) is 0 Å². The molecule has 2 amide bonds. The maximum atomic E-state index is 14.4. The van der Waals surface area contributed by atoms with Crippen LogP contribution in [0, 0.1) is 11.8 Å². The molecule has 1 spiro atoms. The van der Waals surface area contributed by atoms with E-state index in [-0.39, 0.29) is 25.0 Å². The summed E-state index contributed by atoms with van der Waals surface area (Å²) in [4.78, 5) is 45.5. The van der Waals surface area contributed by atoms with Gasteiger partial charge in [0.15, 0.2) is 0 Å². The van der Waals surface area contributed by atoms with Gasteiger partial charge in [-0.25, -0.2) is 0 Å². The van der Waals surface area contributed by atoms with Crippen LogP contribution in [-0.4, -0.2) is 74.5 Å². The SMILES string of the molecule is CCCCN1CC=C[C@]23S[C@@]4(C)C=CCCOC(=O)[C@H]4[C@H]2C(=O)N([C@H](CO)c2ccccc2)C3C1=O. The number of fused-ring (bicyclic) bond motifs is 2. The van der Waals surface area contributed by atoms with Crippen LogP contribution in [0.3, 0.4) is 0 Å². The predicted molar refractivity (Wildman–Crippen MR) is 138 cm³/mol. The van der Waals surface area contributed by atoms with Crippen LogP contribution < -0.4 is 0 Å². The van der Waals surface area contributed by atoms with E-state index < -0.39 is 39.4 Å². The molecule has 36 heavy (non-hydrogen) atoms. The number of hydrogen-bond acceptors (Lipinski definition) is 6. The second-order valence-electron chi connectivity index (χ2n) is 10.3. The fourth-order valence-electron chi connectivity index (χ4n) is 6.39. The van der Waals surface area contributed by atoms with Gasteiger partial charge in [-0.1, -0.05) is 68.0 Å². The number of rotatable bonds is 6. The van der Waals surface area contributed by atoms with Crippen molar-refractivity contribution < 1.29 is 24.2 Å². The first-order valence-corrected chi connectivity index (χ1v) is 13.7. The summed E-state index contributed by atoms with van der Waals surface area (Å²) in [5.41, 5.74) is 0.762. The smallest absolute Gasteiger partial charge is 0.311 e. The van der Waals surface area contributed by atoms with Gasteiger partial charge < -0.3 is 19.6 Å². The van der Waals surface area contributed by atoms with Gasteiger partial charge in [-0.15, -0.1) is 11.8 Å². The lowest BCUT2D eigenvalue weighted by Crippen LogP contribution is -2.54. The molecule has 4 aliphatic rings. The molecule has 1 unspecified atom stereocenters. The number of cyclic esters (lactones) is 1. The molecular weight excluding hydrogens is 476 g/mol. The van der Waals surface area contributed by atoms with Crippen LogP contribution in [0.1, 0.15) is 44.7 Å². The molecular formula is C28H34N2O5S. The lowest BCUT2D eigenvalue weighted by atomic mass is 9.74. The van der Waals surface area contributed by atoms with Crippen LogP contribution in [-0.2, 0) is 19.1 Å². The summed E-state index contributed by atoms with van der Waals surface area (Å²) in [7, 11) is 0. The molecule has 0 bridgehead atoms. The Morgan fingerprint density at radius 2 is 1.89 bits per heavy atom. The molecule has 2 saturated heterocycles. The number of amides is 2. The van der Waals surface area contributed by atoms with Crippen molar-refractivity contribution in [3.63, 3.8) is 0 Å². The summed E-state index contributed by atoms with van der Waals surface area (Å²) >= 11 is 1.53. The number of carbonyl (C=O) groups is 3. The zero-order chi connectivity index (χ0) is 25.5. The van der Waals surface area contributed by atoms with Gasteiger partial charge in [0.2, 0.25) is 11.8 Å². The van der Waals surface area contributed by atoms with E-state index in [1.165, 1.54) is 11.8 Å². The molecule has 1 aromatic carbocycles. The van der Waals surface area contributed by atoms with E-state index in [2.05, 4.69) is 6.92 Å². The monoisotopic (exact) mass is 510 g/mol. The Bertz CT molecular complexity index is 1090. The Morgan fingerprint density at radius 1 is 1.11 bits per heavy atom. The van der Waals surface area contributed by atoms with E-state index in [9.17, 15) is 19.5 Å². The maximum Gasteiger partial charge on any atom is 0.311 e. The Labute approximate surface area is 216 Å². The third-order valence-corrected chi connectivity index (χ3v) is 9.81. The lowest BCUT2D eigenvalue weighted by molar-refractivity contribution is -0.154. The average molecular weight is 511 g/mol. The van der Waals surface area contributed by atoms with Gasteiger partial charge in [0.25, 0.3) is 0 Å². The van der Waals surface area contributed by atoms with Gasteiger partial charge in [-0.05, 0) is 25.3 Å². The van der Waals surface area contributed by atoms with Crippen LogP contribution in [0.15, 0.2) is 54.6 Å². The quantitative estimate of drug-likeness (QED) is 0.468. The van der Waals surface area contributed by atoms with Crippen molar-refractivity contribution in [2.75, 3.05) is 26.3 Å². The Hall–Kier alpha value is -2.58. The first-order valence-electron chi connectivity index (χ1n) is 12.9. The first kappa shape index (κ1) is 25.1. The minimum Gasteiger partial charge on any atom is -0.465 e. The van der Waals surface area contributed by atoms with Crippen molar-refractivity contribution in [2.45, 2.75) is 54.7 Å². The van der Waals surface area contributed by atoms with Crippen molar-refractivity contribution in [3.8, 4) is 0 Å². The number of ether oxygens (including phenoxy) is 1. The molecule has 1 N–H and O–H groups in total. The number of thioether (sulfide) groups is 1. The van der Waals surface area contributed by atoms with E-state index in [1.54, 1.807) is 4.90 Å². The minimum absolute atomic E-state index is 0.124. The van der Waals surface area contributed by atoms with Crippen molar-refractivity contribution in [2.24, 2.45) is 11.8 Å². The van der Waals surface area contributed by atoms with Crippen LogP contribution >= 0.6 is 11.8 Å². The number of benzene rings is 1. The fraction of sp³-hybridized carbons (Fsp3) is 0.536. The standard InChI is InChI=1S/C28H34N2O5S/c1-3-4-15-29-16-10-14-28-21(22-26(34)35-17-9-8-13-27(22,2)36-28)24(32)30(23(28)25(29)33)20(18-31)19-11-6-5-7-12-19/h5-8,10-14,20-23,31H,3-4,9,15-18H2,1-2H3/t20-,21+,22-,23?,27+,28+/m1/s1. The van der Waals surface area contributed by atoms with Crippen LogP contribution in [0.2, 0.25) is 0 Å². The highest BCUT2D eigenvalue weighted by Crippen LogP contribution is 2.66. The average Bonchev–Trinajstić information content (AvgIpc) is 3.19. The Kier molecular flexibility index (Phi) is 6.76. The molecule has 7 nitrogen and oxygen atoms in total. The number of unbranched alkanes of at least 4 members (excludes halogenated alkanes) is 1. The normalized spacial score (nSPS) is 34.4. The van der Waals surface area contributed by atoms with E-state index in [0.29, 0.717) is 19.5 Å². The largest absolute Gasteiger partial charge is 0.465 e. The molecule has 0 aromatic heterocycles. The predicted octanol–water partition coefficient (Wildman–Crippen LogP) is 3.11. The third kappa shape index (κ3) is 3.80. The van der Waals surface area contributed by atoms with Gasteiger partial charge in [0.1, 0.15) is 6.04 Å². The van der Waals surface area contributed by atoms with E-state index in [0.717, 1.165) is 18.4 Å². The molecule has 6 atom stereocenters. The second-order valence-corrected chi connectivity index (χ2v) is 12.0. The van der Waals surface area contributed by atoms with Gasteiger partial charge in [0, 0.05) is 17.8 Å². The van der Waals surface area contributed by atoms with E-state index in [4.69, 9.17) is 4.74 Å². The Balaban J connectivity index is 1.68. The summed E-state index contributed by atoms with van der Waals surface area (Å²) < 4.78 is 3.96. The van der Waals surface area contributed by atoms with Crippen LogP contribution in [0.4, 0.5) is 0 Å². The summed E-state index contributed by atoms with van der Waals surface area (Å²) in [6.07, 6.45) is 10.5. The summed E-state index contributed by atoms with van der Waals surface area (Å²) in [5, 5.41) is 10.5. The molecule has 1 aromatic rings. The molecule has 192 valence electrons. The summed E-state index contributed by atoms with van der Waals surface area (Å²) in [6, 6.07) is 7.81. The summed E-state index contributed by atoms with van der Waals surface area (Å²) in [5.74, 6) is -2.28. The van der Waals surface area contributed by atoms with E-state index >= 15 is 0 Å². The highest BCUT2D eigenvalue weighted by atomic mass is 32.2. The number of aliphatic hydroxyl groups is 1. The van der Waals surface area contributed by atoms with Crippen molar-refractivity contribution in [1.29, 1.82) is 0 Å². The van der Waals surface area contributed by atoms with Crippen molar-refractivity contribution in [3.05, 3.63) is 60.2 Å².